The van der Waals surface area contributed by atoms with Crippen LogP contribution in [0.2, 0.25) is 5.02 Å². The molecule has 1 aromatic rings. The van der Waals surface area contributed by atoms with Crippen molar-refractivity contribution in [2.45, 2.75) is 0 Å². The first-order chi connectivity index (χ1) is 6.25. The molecule has 0 fully saturated rings. The summed E-state index contributed by atoms with van der Waals surface area (Å²) < 4.78 is 0. The average Bonchev–Trinajstić information content (AvgIpc) is 2.15. The lowest BCUT2D eigenvalue weighted by Crippen LogP contribution is -2.23. The number of aromatic nitrogens is 1. The number of nitrogens with one attached hydrogen (secondary N) is 1. The average molecular weight is 196 g/mol. The number of amides is 1. The minimum absolute atomic E-state index is 0.0376. The fourth-order valence-electron chi connectivity index (χ4n) is 0.760. The summed E-state index contributed by atoms with van der Waals surface area (Å²) >= 11 is 5.71. The second kappa shape index (κ2) is 4.43. The topological polar surface area (TPSA) is 65.8 Å². The van der Waals surface area contributed by atoms with Gasteiger partial charge in [0.15, 0.2) is 0 Å². The maximum absolute atomic E-state index is 11.2. The van der Waals surface area contributed by atoms with Crippen molar-refractivity contribution in [2.24, 2.45) is 0 Å². The van der Waals surface area contributed by atoms with Gasteiger partial charge in [-0.25, -0.2) is 0 Å². The molecule has 0 unspecified atom stereocenters. The van der Waals surface area contributed by atoms with Crippen molar-refractivity contribution in [3.8, 4) is 6.07 Å². The molecular weight excluding hydrogens is 190 g/mol. The van der Waals surface area contributed by atoms with Gasteiger partial charge in [0.05, 0.1) is 16.7 Å². The monoisotopic (exact) mass is 195 g/mol. The highest BCUT2D eigenvalue weighted by Gasteiger charge is 2.08. The molecule has 1 N–H and O–H groups in total. The third kappa shape index (κ3) is 2.42. The van der Waals surface area contributed by atoms with Crippen LogP contribution < -0.4 is 5.32 Å². The molecule has 0 saturated carbocycles. The molecule has 0 spiro atoms. The summed E-state index contributed by atoms with van der Waals surface area (Å²) in [5, 5.41) is 10.9. The Balaban J connectivity index is 2.78. The second-order valence-electron chi connectivity index (χ2n) is 2.20. The fraction of sp³-hybridized carbons (Fsp3) is 0.125. The van der Waals surface area contributed by atoms with E-state index in [9.17, 15) is 4.79 Å². The number of nitrogens with zero attached hydrogens (tertiary/aromatic N) is 2. The Labute approximate surface area is 80.2 Å². The van der Waals surface area contributed by atoms with Crippen LogP contribution in [0.3, 0.4) is 0 Å². The molecule has 0 saturated heterocycles. The van der Waals surface area contributed by atoms with Crippen molar-refractivity contribution in [1.29, 1.82) is 5.26 Å². The van der Waals surface area contributed by atoms with Gasteiger partial charge < -0.3 is 5.32 Å². The first kappa shape index (κ1) is 9.49. The summed E-state index contributed by atoms with van der Waals surface area (Å²) in [5.41, 5.74) is 0.277. The molecular formula is C8H6ClN3O. The van der Waals surface area contributed by atoms with Crippen LogP contribution in [0.4, 0.5) is 0 Å². The molecule has 1 rings (SSSR count). The summed E-state index contributed by atoms with van der Waals surface area (Å²) in [6.45, 7) is -0.0376. The van der Waals surface area contributed by atoms with E-state index in [-0.39, 0.29) is 18.0 Å². The first-order valence-electron chi connectivity index (χ1n) is 3.50. The Morgan fingerprint density at radius 3 is 3.15 bits per heavy atom. The maximum atomic E-state index is 11.2. The third-order valence-corrected chi connectivity index (χ3v) is 1.67. The zero-order valence-electron chi connectivity index (χ0n) is 6.62. The van der Waals surface area contributed by atoms with Gasteiger partial charge in [0, 0.05) is 12.4 Å². The van der Waals surface area contributed by atoms with E-state index in [1.807, 2.05) is 0 Å². The highest BCUT2D eigenvalue weighted by atomic mass is 35.5. The van der Waals surface area contributed by atoms with E-state index >= 15 is 0 Å². The quantitative estimate of drug-likeness (QED) is 0.716. The maximum Gasteiger partial charge on any atom is 0.255 e. The number of nitriles is 1. The van der Waals surface area contributed by atoms with E-state index in [0.29, 0.717) is 5.02 Å². The Morgan fingerprint density at radius 1 is 1.77 bits per heavy atom. The van der Waals surface area contributed by atoms with Gasteiger partial charge in [-0.1, -0.05) is 11.6 Å². The van der Waals surface area contributed by atoms with Crippen molar-refractivity contribution in [3.63, 3.8) is 0 Å². The number of carbonyl (C=O) groups excluding carboxylic acids is 1. The SMILES string of the molecule is N#CCNC(=O)c1cnccc1Cl. The van der Waals surface area contributed by atoms with Crippen molar-refractivity contribution < 1.29 is 4.79 Å². The van der Waals surface area contributed by atoms with Crippen LogP contribution in [0.15, 0.2) is 18.5 Å². The second-order valence-corrected chi connectivity index (χ2v) is 2.60. The molecule has 1 amide bonds. The summed E-state index contributed by atoms with van der Waals surface area (Å²) in [6, 6.07) is 3.31. The lowest BCUT2D eigenvalue weighted by atomic mass is 10.2. The summed E-state index contributed by atoms with van der Waals surface area (Å²) in [7, 11) is 0. The molecule has 0 aromatic carbocycles. The highest BCUT2D eigenvalue weighted by molar-refractivity contribution is 6.33. The molecule has 0 bridgehead atoms. The van der Waals surface area contributed by atoms with Crippen molar-refractivity contribution >= 4 is 17.5 Å². The van der Waals surface area contributed by atoms with Crippen molar-refractivity contribution in [1.82, 2.24) is 10.3 Å². The van der Waals surface area contributed by atoms with Gasteiger partial charge in [-0.2, -0.15) is 5.26 Å². The number of hydrogen-bond donors (Lipinski definition) is 1. The van der Waals surface area contributed by atoms with Crippen LogP contribution in [0.5, 0.6) is 0 Å². The lowest BCUT2D eigenvalue weighted by molar-refractivity contribution is 0.0958. The predicted octanol–water partition coefficient (Wildman–Crippen LogP) is 0.988. The molecule has 0 atom stereocenters. The fourth-order valence-corrected chi connectivity index (χ4v) is 0.951. The molecule has 66 valence electrons. The van der Waals surface area contributed by atoms with Gasteiger partial charge in [-0.3, -0.25) is 9.78 Å². The number of halogens is 1. The van der Waals surface area contributed by atoms with Crippen LogP contribution >= 0.6 is 11.6 Å². The molecule has 1 heterocycles. The Hall–Kier alpha value is -1.60. The zero-order chi connectivity index (χ0) is 9.68. The molecule has 5 heteroatoms. The van der Waals surface area contributed by atoms with E-state index in [4.69, 9.17) is 16.9 Å². The first-order valence-corrected chi connectivity index (χ1v) is 3.88. The summed E-state index contributed by atoms with van der Waals surface area (Å²) in [5.74, 6) is -0.389. The minimum atomic E-state index is -0.389. The molecule has 0 aliphatic carbocycles. The van der Waals surface area contributed by atoms with Gasteiger partial charge in [0.25, 0.3) is 5.91 Å². The number of rotatable bonds is 2. The number of hydrogen-bond acceptors (Lipinski definition) is 3. The van der Waals surface area contributed by atoms with Gasteiger partial charge in [-0.05, 0) is 6.07 Å². The van der Waals surface area contributed by atoms with Crippen molar-refractivity contribution in [3.05, 3.63) is 29.0 Å². The normalized spacial score (nSPS) is 8.92. The number of pyridine rings is 1. The van der Waals surface area contributed by atoms with E-state index in [0.717, 1.165) is 0 Å². The lowest BCUT2D eigenvalue weighted by Gasteiger charge is -2.01. The molecule has 0 aliphatic rings. The van der Waals surface area contributed by atoms with Gasteiger partial charge in [-0.15, -0.1) is 0 Å². The summed E-state index contributed by atoms with van der Waals surface area (Å²) in [4.78, 5) is 15.0. The van der Waals surface area contributed by atoms with E-state index in [1.165, 1.54) is 18.5 Å². The molecule has 13 heavy (non-hydrogen) atoms. The van der Waals surface area contributed by atoms with E-state index < -0.39 is 0 Å². The summed E-state index contributed by atoms with van der Waals surface area (Å²) in [6.07, 6.45) is 2.85. The van der Waals surface area contributed by atoms with E-state index in [2.05, 4.69) is 10.3 Å². The Kier molecular flexibility index (Phi) is 3.23. The molecule has 4 nitrogen and oxygen atoms in total. The van der Waals surface area contributed by atoms with E-state index in [1.54, 1.807) is 6.07 Å². The van der Waals surface area contributed by atoms with Crippen LogP contribution in [0.1, 0.15) is 10.4 Å². The van der Waals surface area contributed by atoms with Gasteiger partial charge in [0.2, 0.25) is 0 Å². The smallest absolute Gasteiger partial charge is 0.255 e. The Bertz CT molecular complexity index is 359. The predicted molar refractivity (Wildman–Crippen MR) is 47.2 cm³/mol. The third-order valence-electron chi connectivity index (χ3n) is 1.34. The van der Waals surface area contributed by atoms with Crippen LogP contribution in [-0.2, 0) is 0 Å². The zero-order valence-corrected chi connectivity index (χ0v) is 7.38. The van der Waals surface area contributed by atoms with Crippen LogP contribution in [-0.4, -0.2) is 17.4 Å². The Morgan fingerprint density at radius 2 is 2.54 bits per heavy atom. The highest BCUT2D eigenvalue weighted by Crippen LogP contribution is 2.12. The number of carbonyl (C=O) groups is 1. The van der Waals surface area contributed by atoms with Crippen LogP contribution in [0.25, 0.3) is 0 Å². The van der Waals surface area contributed by atoms with Crippen LogP contribution in [0, 0.1) is 11.3 Å². The molecule has 1 aromatic heterocycles. The largest absolute Gasteiger partial charge is 0.339 e. The molecule has 0 radical (unpaired) electrons. The van der Waals surface area contributed by atoms with Gasteiger partial charge in [0.1, 0.15) is 6.54 Å². The standard InChI is InChI=1S/C8H6ClN3O/c9-7-1-3-11-5-6(7)8(13)12-4-2-10/h1,3,5H,4H2,(H,12,13). The van der Waals surface area contributed by atoms with Crippen molar-refractivity contribution in [2.75, 3.05) is 6.54 Å². The van der Waals surface area contributed by atoms with Gasteiger partial charge >= 0.3 is 0 Å². The molecule has 0 aliphatic heterocycles. The minimum Gasteiger partial charge on any atom is -0.339 e.